The minimum atomic E-state index is 0.238. The van der Waals surface area contributed by atoms with Crippen molar-refractivity contribution in [2.45, 2.75) is 6.92 Å². The van der Waals surface area contributed by atoms with Gasteiger partial charge in [-0.3, -0.25) is 0 Å². The number of hydrogen-bond donors (Lipinski definition) is 1. The van der Waals surface area contributed by atoms with Crippen LogP contribution >= 0.6 is 0 Å². The number of rotatable bonds is 2. The molecule has 44 valence electrons. The zero-order valence-corrected chi connectivity index (χ0v) is 4.96. The van der Waals surface area contributed by atoms with Crippen LogP contribution in [0.2, 0.25) is 0 Å². The van der Waals surface area contributed by atoms with E-state index in [0.29, 0.717) is 0 Å². The highest BCUT2D eigenvalue weighted by Crippen LogP contribution is 1.88. The van der Waals surface area contributed by atoms with Crippen molar-refractivity contribution in [3.05, 3.63) is 36.6 Å². The number of hydrogen-bond acceptors (Lipinski definition) is 1. The SMILES string of the molecule is C=C/C=C(O)\C=C/C. The first kappa shape index (κ1) is 7.02. The third-order valence-corrected chi connectivity index (χ3v) is 0.626. The quantitative estimate of drug-likeness (QED) is 0.426. The van der Waals surface area contributed by atoms with Crippen LogP contribution in [-0.2, 0) is 0 Å². The van der Waals surface area contributed by atoms with E-state index in [1.807, 2.05) is 6.92 Å². The molecule has 0 saturated heterocycles. The van der Waals surface area contributed by atoms with Crippen LogP contribution in [0.25, 0.3) is 0 Å². The molecular weight excluding hydrogens is 100 g/mol. The van der Waals surface area contributed by atoms with Gasteiger partial charge in [0, 0.05) is 0 Å². The molecule has 0 rings (SSSR count). The second-order valence-corrected chi connectivity index (χ2v) is 1.33. The average Bonchev–Trinajstić information content (AvgIpc) is 1.68. The van der Waals surface area contributed by atoms with Gasteiger partial charge in [-0.05, 0) is 19.1 Å². The van der Waals surface area contributed by atoms with Crippen molar-refractivity contribution in [3.63, 3.8) is 0 Å². The Morgan fingerprint density at radius 1 is 1.62 bits per heavy atom. The maximum absolute atomic E-state index is 8.75. The van der Waals surface area contributed by atoms with Gasteiger partial charge < -0.3 is 5.11 Å². The molecule has 0 aromatic heterocycles. The van der Waals surface area contributed by atoms with Crippen LogP contribution in [0.4, 0.5) is 0 Å². The van der Waals surface area contributed by atoms with Gasteiger partial charge in [0.25, 0.3) is 0 Å². The minimum Gasteiger partial charge on any atom is -0.508 e. The third kappa shape index (κ3) is 3.22. The predicted molar refractivity (Wildman–Crippen MR) is 35.7 cm³/mol. The van der Waals surface area contributed by atoms with Crippen molar-refractivity contribution in [3.8, 4) is 0 Å². The van der Waals surface area contributed by atoms with Gasteiger partial charge in [-0.2, -0.15) is 0 Å². The van der Waals surface area contributed by atoms with E-state index in [0.717, 1.165) is 0 Å². The molecule has 0 atom stereocenters. The molecule has 0 aromatic carbocycles. The zero-order chi connectivity index (χ0) is 6.41. The van der Waals surface area contributed by atoms with Gasteiger partial charge in [-0.1, -0.05) is 18.7 Å². The summed E-state index contributed by atoms with van der Waals surface area (Å²) in [4.78, 5) is 0. The molecule has 1 N–H and O–H groups in total. The summed E-state index contributed by atoms with van der Waals surface area (Å²) in [6.45, 7) is 5.25. The highest BCUT2D eigenvalue weighted by molar-refractivity contribution is 5.14. The molecule has 0 heterocycles. The van der Waals surface area contributed by atoms with E-state index in [-0.39, 0.29) is 5.76 Å². The molecule has 0 amide bonds. The molecule has 0 fully saturated rings. The van der Waals surface area contributed by atoms with Crippen LogP contribution in [-0.4, -0.2) is 5.11 Å². The molecule has 0 unspecified atom stereocenters. The van der Waals surface area contributed by atoms with Gasteiger partial charge in [-0.15, -0.1) is 0 Å². The Morgan fingerprint density at radius 2 is 2.25 bits per heavy atom. The maximum Gasteiger partial charge on any atom is 0.115 e. The second kappa shape index (κ2) is 4.19. The van der Waals surface area contributed by atoms with Crippen molar-refractivity contribution in [1.82, 2.24) is 0 Å². The summed E-state index contributed by atoms with van der Waals surface area (Å²) in [5, 5.41) is 8.75. The Balaban J connectivity index is 3.79. The molecule has 1 nitrogen and oxygen atoms in total. The fraction of sp³-hybridized carbons (Fsp3) is 0.143. The first-order valence-corrected chi connectivity index (χ1v) is 2.45. The van der Waals surface area contributed by atoms with Crippen molar-refractivity contribution >= 4 is 0 Å². The van der Waals surface area contributed by atoms with Crippen LogP contribution < -0.4 is 0 Å². The molecular formula is C7H10O. The average molecular weight is 110 g/mol. The topological polar surface area (TPSA) is 20.2 Å². The number of aliphatic hydroxyl groups excluding tert-OH is 1. The van der Waals surface area contributed by atoms with Gasteiger partial charge in [0.1, 0.15) is 5.76 Å². The van der Waals surface area contributed by atoms with Gasteiger partial charge in [0.2, 0.25) is 0 Å². The van der Waals surface area contributed by atoms with Crippen LogP contribution in [0, 0.1) is 0 Å². The van der Waals surface area contributed by atoms with Crippen LogP contribution in [0.1, 0.15) is 6.92 Å². The molecule has 0 radical (unpaired) electrons. The largest absolute Gasteiger partial charge is 0.508 e. The highest BCUT2D eigenvalue weighted by Gasteiger charge is 1.74. The lowest BCUT2D eigenvalue weighted by atomic mass is 10.4. The smallest absolute Gasteiger partial charge is 0.115 e. The number of aliphatic hydroxyl groups is 1. The van der Waals surface area contributed by atoms with E-state index in [9.17, 15) is 0 Å². The summed E-state index contributed by atoms with van der Waals surface area (Å²) < 4.78 is 0. The lowest BCUT2D eigenvalue weighted by molar-refractivity contribution is 0.432. The molecule has 0 aliphatic rings. The molecule has 8 heavy (non-hydrogen) atoms. The first-order valence-electron chi connectivity index (χ1n) is 2.45. The molecule has 0 aromatic rings. The van der Waals surface area contributed by atoms with Crippen molar-refractivity contribution in [1.29, 1.82) is 0 Å². The zero-order valence-electron chi connectivity index (χ0n) is 4.96. The summed E-state index contributed by atoms with van der Waals surface area (Å²) in [7, 11) is 0. The monoisotopic (exact) mass is 110 g/mol. The van der Waals surface area contributed by atoms with Crippen LogP contribution in [0.15, 0.2) is 36.6 Å². The van der Waals surface area contributed by atoms with E-state index in [4.69, 9.17) is 5.11 Å². The van der Waals surface area contributed by atoms with Crippen molar-refractivity contribution in [2.24, 2.45) is 0 Å². The molecule has 0 spiro atoms. The second-order valence-electron chi connectivity index (χ2n) is 1.33. The maximum atomic E-state index is 8.75. The van der Waals surface area contributed by atoms with Crippen LogP contribution in [0.5, 0.6) is 0 Å². The van der Waals surface area contributed by atoms with Crippen molar-refractivity contribution in [2.75, 3.05) is 0 Å². The summed E-state index contributed by atoms with van der Waals surface area (Å²) in [6, 6.07) is 0. The van der Waals surface area contributed by atoms with E-state index in [1.165, 1.54) is 12.2 Å². The first-order chi connectivity index (χ1) is 3.81. The lowest BCUT2D eigenvalue weighted by Crippen LogP contribution is -1.68. The minimum absolute atomic E-state index is 0.238. The molecule has 0 bridgehead atoms. The van der Waals surface area contributed by atoms with Gasteiger partial charge in [0.05, 0.1) is 0 Å². The van der Waals surface area contributed by atoms with Gasteiger partial charge >= 0.3 is 0 Å². The van der Waals surface area contributed by atoms with E-state index in [2.05, 4.69) is 6.58 Å². The van der Waals surface area contributed by atoms with Crippen LogP contribution in [0.3, 0.4) is 0 Å². The Labute approximate surface area is 49.7 Å². The Morgan fingerprint density at radius 3 is 2.62 bits per heavy atom. The predicted octanol–water partition coefficient (Wildman–Crippen LogP) is 2.19. The molecule has 0 saturated carbocycles. The molecule has 1 heteroatoms. The fourth-order valence-electron chi connectivity index (χ4n) is 0.347. The van der Waals surface area contributed by atoms with Gasteiger partial charge in [0.15, 0.2) is 0 Å². The number of allylic oxidation sites excluding steroid dienone is 4. The fourth-order valence-corrected chi connectivity index (χ4v) is 0.347. The van der Waals surface area contributed by atoms with Crippen molar-refractivity contribution < 1.29 is 5.11 Å². The van der Waals surface area contributed by atoms with E-state index in [1.54, 1.807) is 12.2 Å². The Bertz CT molecular complexity index is 120. The highest BCUT2D eigenvalue weighted by atomic mass is 16.3. The summed E-state index contributed by atoms with van der Waals surface area (Å²) in [6.07, 6.45) is 6.42. The van der Waals surface area contributed by atoms with E-state index >= 15 is 0 Å². The Hall–Kier alpha value is -0.980. The third-order valence-electron chi connectivity index (χ3n) is 0.626. The summed E-state index contributed by atoms with van der Waals surface area (Å²) in [5.41, 5.74) is 0. The Kier molecular flexibility index (Phi) is 3.67. The normalized spacial score (nSPS) is 12.4. The summed E-state index contributed by atoms with van der Waals surface area (Å²) >= 11 is 0. The molecule has 0 aliphatic heterocycles. The standard InChI is InChI=1S/C7H10O/c1-3-5-7(8)6-4-2/h3-6,8H,1H2,2H3/b6-4-,7-5+. The molecule has 0 aliphatic carbocycles. The van der Waals surface area contributed by atoms with Gasteiger partial charge in [-0.25, -0.2) is 0 Å². The lowest BCUT2D eigenvalue weighted by Gasteiger charge is -1.82. The summed E-state index contributed by atoms with van der Waals surface area (Å²) in [5.74, 6) is 0.238. The van der Waals surface area contributed by atoms with E-state index < -0.39 is 0 Å².